The van der Waals surface area contributed by atoms with Crippen LogP contribution in [0.25, 0.3) is 5.82 Å². The summed E-state index contributed by atoms with van der Waals surface area (Å²) in [5, 5.41) is 17.7. The van der Waals surface area contributed by atoms with Crippen LogP contribution in [0.5, 0.6) is 0 Å². The molecular formula is C17H16N8O3. The molecule has 0 bridgehead atoms. The van der Waals surface area contributed by atoms with Gasteiger partial charge in [-0.05, 0) is 12.5 Å². The molecule has 11 heteroatoms. The molecule has 1 aromatic carbocycles. The van der Waals surface area contributed by atoms with Crippen LogP contribution < -0.4 is 10.2 Å². The molecular weight excluding hydrogens is 364 g/mol. The highest BCUT2D eigenvalue weighted by atomic mass is 16.6. The Balaban J connectivity index is 1.40. The average Bonchev–Trinajstić information content (AvgIpc) is 3.17. The molecule has 142 valence electrons. The number of carbonyl (C=O) groups excluding carboxylic acids is 1. The number of rotatable bonds is 5. The molecule has 11 nitrogen and oxygen atoms in total. The van der Waals surface area contributed by atoms with Gasteiger partial charge in [0.1, 0.15) is 24.8 Å². The Bertz CT molecular complexity index is 1030. The number of non-ortho nitro benzene ring substituents is 1. The fourth-order valence-corrected chi connectivity index (χ4v) is 2.89. The van der Waals surface area contributed by atoms with Gasteiger partial charge < -0.3 is 10.2 Å². The second kappa shape index (κ2) is 7.02. The first kappa shape index (κ1) is 17.5. The molecule has 0 radical (unpaired) electrons. The maximum absolute atomic E-state index is 12.5. The summed E-state index contributed by atoms with van der Waals surface area (Å²) in [5.74, 6) is 0.868. The molecule has 1 N–H and O–H groups in total. The highest BCUT2D eigenvalue weighted by Crippen LogP contribution is 2.26. The summed E-state index contributed by atoms with van der Waals surface area (Å²) in [4.78, 5) is 37.2. The summed E-state index contributed by atoms with van der Waals surface area (Å²) >= 11 is 0. The number of nitro groups is 1. The molecule has 0 atom stereocenters. The van der Waals surface area contributed by atoms with Crippen molar-refractivity contribution in [3.63, 3.8) is 0 Å². The van der Waals surface area contributed by atoms with Crippen LogP contribution in [0, 0.1) is 23.0 Å². The molecule has 0 unspecified atom stereocenters. The molecule has 1 aliphatic rings. The van der Waals surface area contributed by atoms with E-state index in [1.165, 1.54) is 29.5 Å². The van der Waals surface area contributed by atoms with E-state index in [1.54, 1.807) is 25.4 Å². The van der Waals surface area contributed by atoms with Gasteiger partial charge in [0.25, 0.3) is 5.69 Å². The van der Waals surface area contributed by atoms with Gasteiger partial charge in [0.2, 0.25) is 5.91 Å². The van der Waals surface area contributed by atoms with Gasteiger partial charge in [-0.3, -0.25) is 14.9 Å². The lowest BCUT2D eigenvalue weighted by Gasteiger charge is -2.39. The first-order chi connectivity index (χ1) is 13.5. The Morgan fingerprint density at radius 3 is 2.71 bits per heavy atom. The lowest BCUT2D eigenvalue weighted by atomic mass is 9.99. The third kappa shape index (κ3) is 3.37. The van der Waals surface area contributed by atoms with Gasteiger partial charge in [0.05, 0.1) is 16.5 Å². The van der Waals surface area contributed by atoms with Gasteiger partial charge in [-0.15, -0.1) is 0 Å². The second-order valence-corrected chi connectivity index (χ2v) is 6.42. The van der Waals surface area contributed by atoms with Crippen LogP contribution in [0.2, 0.25) is 0 Å². The number of anilines is 2. The van der Waals surface area contributed by atoms with Crippen LogP contribution in [0.4, 0.5) is 17.2 Å². The third-order valence-corrected chi connectivity index (χ3v) is 4.56. The lowest BCUT2D eigenvalue weighted by Crippen LogP contribution is -2.52. The number of nitro benzene ring substituents is 1. The predicted molar refractivity (Wildman–Crippen MR) is 99.1 cm³/mol. The van der Waals surface area contributed by atoms with E-state index in [2.05, 4.69) is 25.4 Å². The molecule has 2 aromatic heterocycles. The topological polar surface area (TPSA) is 132 Å². The van der Waals surface area contributed by atoms with Crippen LogP contribution in [-0.2, 0) is 4.79 Å². The molecule has 0 spiro atoms. The molecule has 1 saturated heterocycles. The first-order valence-electron chi connectivity index (χ1n) is 8.49. The minimum absolute atomic E-state index is 0.0576. The maximum Gasteiger partial charge on any atom is 0.271 e. The van der Waals surface area contributed by atoms with Crippen LogP contribution in [-0.4, -0.2) is 48.7 Å². The number of aromatic nitrogens is 5. The van der Waals surface area contributed by atoms with Gasteiger partial charge in [0, 0.05) is 31.3 Å². The van der Waals surface area contributed by atoms with Crippen molar-refractivity contribution in [2.75, 3.05) is 23.3 Å². The van der Waals surface area contributed by atoms with Crippen LogP contribution in [0.3, 0.4) is 0 Å². The highest BCUT2D eigenvalue weighted by Gasteiger charge is 2.34. The zero-order valence-electron chi connectivity index (χ0n) is 14.9. The number of amides is 1. The van der Waals surface area contributed by atoms with Gasteiger partial charge in [-0.1, -0.05) is 6.07 Å². The molecule has 1 amide bonds. The predicted octanol–water partition coefficient (Wildman–Crippen LogP) is 1.35. The fourth-order valence-electron chi connectivity index (χ4n) is 2.89. The third-order valence-electron chi connectivity index (χ3n) is 4.56. The zero-order valence-corrected chi connectivity index (χ0v) is 14.9. The summed E-state index contributed by atoms with van der Waals surface area (Å²) < 4.78 is 1.53. The Morgan fingerprint density at radius 1 is 1.21 bits per heavy atom. The van der Waals surface area contributed by atoms with Crippen LogP contribution >= 0.6 is 0 Å². The zero-order chi connectivity index (χ0) is 19.7. The summed E-state index contributed by atoms with van der Waals surface area (Å²) in [7, 11) is 0. The van der Waals surface area contributed by atoms with Crippen molar-refractivity contribution in [1.82, 2.24) is 24.7 Å². The van der Waals surface area contributed by atoms with E-state index in [9.17, 15) is 14.9 Å². The summed E-state index contributed by atoms with van der Waals surface area (Å²) in [5.41, 5.74) is 1.16. The monoisotopic (exact) mass is 380 g/mol. The molecule has 28 heavy (non-hydrogen) atoms. The Labute approximate surface area is 159 Å². The number of nitrogens with zero attached hydrogens (tertiary/aromatic N) is 7. The minimum atomic E-state index is -0.484. The van der Waals surface area contributed by atoms with Crippen molar-refractivity contribution in [2.45, 2.75) is 6.92 Å². The number of carbonyl (C=O) groups is 1. The van der Waals surface area contributed by atoms with E-state index in [0.29, 0.717) is 30.4 Å². The quantitative estimate of drug-likeness (QED) is 0.518. The summed E-state index contributed by atoms with van der Waals surface area (Å²) in [6, 6.07) is 6.18. The number of hydrogen-bond acceptors (Lipinski definition) is 8. The van der Waals surface area contributed by atoms with E-state index >= 15 is 0 Å². The van der Waals surface area contributed by atoms with Crippen molar-refractivity contribution in [3.05, 3.63) is 58.9 Å². The largest absolute Gasteiger partial charge is 0.355 e. The van der Waals surface area contributed by atoms with Crippen molar-refractivity contribution in [3.8, 4) is 5.82 Å². The Kier molecular flexibility index (Phi) is 4.39. The SMILES string of the molecule is Cc1ccc([N+](=O)[O-])cc1NC(=O)C1CN(c2cc(-n3cncn3)ncn2)C1. The molecule has 4 rings (SSSR count). The van der Waals surface area contributed by atoms with Crippen LogP contribution in [0.15, 0.2) is 43.2 Å². The van der Waals surface area contributed by atoms with Crippen LogP contribution in [0.1, 0.15) is 5.56 Å². The Hall–Kier alpha value is -3.89. The smallest absolute Gasteiger partial charge is 0.271 e. The van der Waals surface area contributed by atoms with Gasteiger partial charge in [-0.25, -0.2) is 19.6 Å². The number of nitrogens with one attached hydrogen (secondary N) is 1. The summed E-state index contributed by atoms with van der Waals surface area (Å²) in [6.45, 7) is 2.78. The molecule has 0 saturated carbocycles. The fraction of sp³-hybridized carbons (Fsp3) is 0.235. The Morgan fingerprint density at radius 2 is 2.00 bits per heavy atom. The molecule has 3 heterocycles. The van der Waals surface area contributed by atoms with E-state index < -0.39 is 4.92 Å². The van der Waals surface area contributed by atoms with Crippen molar-refractivity contribution in [2.24, 2.45) is 5.92 Å². The van der Waals surface area contributed by atoms with Crippen molar-refractivity contribution < 1.29 is 9.72 Å². The van der Waals surface area contributed by atoms with E-state index in [-0.39, 0.29) is 17.5 Å². The maximum atomic E-state index is 12.5. The molecule has 0 aliphatic carbocycles. The van der Waals surface area contributed by atoms with Crippen molar-refractivity contribution in [1.29, 1.82) is 0 Å². The average molecular weight is 380 g/mol. The molecule has 1 fully saturated rings. The normalized spacial score (nSPS) is 13.8. The number of benzene rings is 1. The van der Waals surface area contributed by atoms with E-state index in [1.807, 2.05) is 4.90 Å². The van der Waals surface area contributed by atoms with Gasteiger partial charge in [-0.2, -0.15) is 5.10 Å². The van der Waals surface area contributed by atoms with E-state index in [0.717, 1.165) is 5.56 Å². The molecule has 3 aromatic rings. The number of hydrogen-bond donors (Lipinski definition) is 1. The minimum Gasteiger partial charge on any atom is -0.355 e. The van der Waals surface area contributed by atoms with Gasteiger partial charge >= 0.3 is 0 Å². The highest BCUT2D eigenvalue weighted by molar-refractivity contribution is 5.95. The second-order valence-electron chi connectivity index (χ2n) is 6.42. The van der Waals surface area contributed by atoms with Crippen molar-refractivity contribution >= 4 is 23.1 Å². The van der Waals surface area contributed by atoms with E-state index in [4.69, 9.17) is 0 Å². The van der Waals surface area contributed by atoms with Gasteiger partial charge in [0.15, 0.2) is 5.82 Å². The first-order valence-corrected chi connectivity index (χ1v) is 8.49. The standard InChI is InChI=1S/C17H16N8O3/c1-11-2-3-13(25(27)28)4-14(11)22-17(26)12-6-23(7-12)15-5-16(20-9-19-15)24-10-18-8-21-24/h2-5,8-10,12H,6-7H2,1H3,(H,22,26). The molecule has 1 aliphatic heterocycles. The number of aryl methyl sites for hydroxylation is 1. The summed E-state index contributed by atoms with van der Waals surface area (Å²) in [6.07, 6.45) is 4.40. The lowest BCUT2D eigenvalue weighted by molar-refractivity contribution is -0.384.